The first kappa shape index (κ1) is 14.2. The van der Waals surface area contributed by atoms with Gasteiger partial charge in [0.15, 0.2) is 5.69 Å². The third-order valence-electron chi connectivity index (χ3n) is 2.92. The Balaban J connectivity index is 2.13. The molecule has 0 fully saturated rings. The predicted molar refractivity (Wildman–Crippen MR) is 72.2 cm³/mol. The maximum Gasteiger partial charge on any atom is 0.360 e. The van der Waals surface area contributed by atoms with Gasteiger partial charge in [-0.2, -0.15) is 0 Å². The van der Waals surface area contributed by atoms with Crippen molar-refractivity contribution in [2.45, 2.75) is 39.8 Å². The fourth-order valence-corrected chi connectivity index (χ4v) is 1.98. The Hall–Kier alpha value is -2.18. The molecule has 0 aliphatic carbocycles. The molecule has 7 nitrogen and oxygen atoms in total. The van der Waals surface area contributed by atoms with Crippen LogP contribution in [0.15, 0.2) is 18.7 Å². The normalized spacial score (nSPS) is 10.7. The van der Waals surface area contributed by atoms with Crippen molar-refractivity contribution in [3.05, 3.63) is 30.1 Å². The standard InChI is InChI=1S/C13H19N5O2/c1-3-5-11-12(13(19)20-4-2)15-16-18(11)9-8-17-7-6-14-10-17/h6-7,10H,3-5,8-9H2,1-2H3. The van der Waals surface area contributed by atoms with Crippen molar-refractivity contribution in [1.82, 2.24) is 24.5 Å². The van der Waals surface area contributed by atoms with Crippen LogP contribution in [0.1, 0.15) is 36.5 Å². The van der Waals surface area contributed by atoms with Crippen LogP contribution >= 0.6 is 0 Å². The number of hydrogen-bond donors (Lipinski definition) is 0. The van der Waals surface area contributed by atoms with E-state index in [1.165, 1.54) is 0 Å². The number of esters is 1. The summed E-state index contributed by atoms with van der Waals surface area (Å²) in [6, 6.07) is 0. The Morgan fingerprint density at radius 2 is 2.20 bits per heavy atom. The Kier molecular flexibility index (Phi) is 4.86. The highest BCUT2D eigenvalue weighted by Crippen LogP contribution is 2.10. The largest absolute Gasteiger partial charge is 0.461 e. The van der Waals surface area contributed by atoms with E-state index in [2.05, 4.69) is 22.2 Å². The minimum atomic E-state index is -0.398. The van der Waals surface area contributed by atoms with Gasteiger partial charge < -0.3 is 9.30 Å². The fraction of sp³-hybridized carbons (Fsp3) is 0.538. The Morgan fingerprint density at radius 1 is 1.35 bits per heavy atom. The van der Waals surface area contributed by atoms with Gasteiger partial charge in [-0.3, -0.25) is 0 Å². The molecular weight excluding hydrogens is 258 g/mol. The summed E-state index contributed by atoms with van der Waals surface area (Å²) in [4.78, 5) is 15.8. The summed E-state index contributed by atoms with van der Waals surface area (Å²) >= 11 is 0. The minimum absolute atomic E-state index is 0.333. The second-order valence-electron chi connectivity index (χ2n) is 4.38. The van der Waals surface area contributed by atoms with Crippen LogP contribution in [0.3, 0.4) is 0 Å². The summed E-state index contributed by atoms with van der Waals surface area (Å²) in [6.45, 7) is 5.57. The van der Waals surface area contributed by atoms with Crippen LogP contribution in [0.5, 0.6) is 0 Å². The molecule has 2 rings (SSSR count). The second-order valence-corrected chi connectivity index (χ2v) is 4.38. The first-order chi connectivity index (χ1) is 9.76. The number of rotatable bonds is 7. The third-order valence-corrected chi connectivity index (χ3v) is 2.92. The predicted octanol–water partition coefficient (Wildman–Crippen LogP) is 1.30. The van der Waals surface area contributed by atoms with E-state index in [-0.39, 0.29) is 0 Å². The van der Waals surface area contributed by atoms with Crippen molar-refractivity contribution >= 4 is 5.97 Å². The molecule has 0 aromatic carbocycles. The van der Waals surface area contributed by atoms with Crippen molar-refractivity contribution in [3.63, 3.8) is 0 Å². The van der Waals surface area contributed by atoms with Gasteiger partial charge in [-0.15, -0.1) is 5.10 Å². The first-order valence-electron chi connectivity index (χ1n) is 6.81. The summed E-state index contributed by atoms with van der Waals surface area (Å²) in [6.07, 6.45) is 7.06. The highest BCUT2D eigenvalue weighted by molar-refractivity contribution is 5.88. The average molecular weight is 277 g/mol. The summed E-state index contributed by atoms with van der Waals surface area (Å²) in [5.41, 5.74) is 1.17. The van der Waals surface area contributed by atoms with Gasteiger partial charge in [0.2, 0.25) is 0 Å². The van der Waals surface area contributed by atoms with E-state index in [4.69, 9.17) is 4.74 Å². The number of ether oxygens (including phenoxy) is 1. The van der Waals surface area contributed by atoms with Gasteiger partial charge >= 0.3 is 5.97 Å². The van der Waals surface area contributed by atoms with Crippen molar-refractivity contribution in [3.8, 4) is 0 Å². The molecule has 0 aliphatic rings. The maximum absolute atomic E-state index is 11.8. The molecule has 108 valence electrons. The highest BCUT2D eigenvalue weighted by atomic mass is 16.5. The molecule has 0 radical (unpaired) electrons. The number of carbonyl (C=O) groups is 1. The molecular formula is C13H19N5O2. The van der Waals surface area contributed by atoms with Crippen LogP contribution in [0.2, 0.25) is 0 Å². The topological polar surface area (TPSA) is 74.8 Å². The number of imidazole rings is 1. The van der Waals surface area contributed by atoms with Gasteiger partial charge in [-0.1, -0.05) is 18.6 Å². The third kappa shape index (κ3) is 3.23. The fourth-order valence-electron chi connectivity index (χ4n) is 1.98. The minimum Gasteiger partial charge on any atom is -0.461 e. The Labute approximate surface area is 117 Å². The Bertz CT molecular complexity index is 547. The monoisotopic (exact) mass is 277 g/mol. The summed E-state index contributed by atoms with van der Waals surface area (Å²) in [7, 11) is 0. The lowest BCUT2D eigenvalue weighted by molar-refractivity contribution is 0.0518. The molecule has 0 atom stereocenters. The SMILES string of the molecule is CCCc1c(C(=O)OCC)nnn1CCn1ccnc1. The molecule has 0 bridgehead atoms. The zero-order valence-corrected chi connectivity index (χ0v) is 11.8. The van der Waals surface area contributed by atoms with Crippen molar-refractivity contribution < 1.29 is 9.53 Å². The molecule has 0 saturated carbocycles. The smallest absolute Gasteiger partial charge is 0.360 e. The number of aryl methyl sites for hydroxylation is 2. The zero-order chi connectivity index (χ0) is 14.4. The average Bonchev–Trinajstić information content (AvgIpc) is 3.06. The quantitative estimate of drug-likeness (QED) is 0.713. The summed E-state index contributed by atoms with van der Waals surface area (Å²) in [5, 5.41) is 8.04. The number of carbonyl (C=O) groups excluding carboxylic acids is 1. The van der Waals surface area contributed by atoms with Crippen LogP contribution in [-0.2, 0) is 24.2 Å². The van der Waals surface area contributed by atoms with Gasteiger partial charge in [-0.05, 0) is 13.3 Å². The lowest BCUT2D eigenvalue weighted by atomic mass is 10.2. The molecule has 2 aromatic heterocycles. The van der Waals surface area contributed by atoms with Gasteiger partial charge in [0.25, 0.3) is 0 Å². The first-order valence-corrected chi connectivity index (χ1v) is 6.81. The summed E-state index contributed by atoms with van der Waals surface area (Å²) < 4.78 is 8.74. The molecule has 0 N–H and O–H groups in total. The van der Waals surface area contributed by atoms with E-state index >= 15 is 0 Å². The molecule has 20 heavy (non-hydrogen) atoms. The van der Waals surface area contributed by atoms with E-state index in [9.17, 15) is 4.79 Å². The Morgan fingerprint density at radius 3 is 2.85 bits per heavy atom. The van der Waals surface area contributed by atoms with E-state index in [0.29, 0.717) is 18.8 Å². The number of nitrogens with zero attached hydrogens (tertiary/aromatic N) is 5. The van der Waals surface area contributed by atoms with Gasteiger partial charge in [0.05, 0.1) is 25.2 Å². The van der Waals surface area contributed by atoms with E-state index in [1.807, 2.05) is 10.8 Å². The van der Waals surface area contributed by atoms with Crippen LogP contribution < -0.4 is 0 Å². The van der Waals surface area contributed by atoms with Gasteiger partial charge in [0.1, 0.15) is 0 Å². The van der Waals surface area contributed by atoms with Crippen LogP contribution in [-0.4, -0.2) is 37.1 Å². The van der Waals surface area contributed by atoms with E-state index < -0.39 is 5.97 Å². The van der Waals surface area contributed by atoms with Gasteiger partial charge in [0, 0.05) is 18.9 Å². The van der Waals surface area contributed by atoms with Crippen LogP contribution in [0.25, 0.3) is 0 Å². The number of aromatic nitrogens is 5. The van der Waals surface area contributed by atoms with Crippen molar-refractivity contribution in [1.29, 1.82) is 0 Å². The molecule has 0 amide bonds. The molecule has 0 saturated heterocycles. The van der Waals surface area contributed by atoms with Crippen LogP contribution in [0.4, 0.5) is 0 Å². The molecule has 0 spiro atoms. The molecule has 0 aliphatic heterocycles. The van der Waals surface area contributed by atoms with E-state index in [0.717, 1.165) is 25.1 Å². The van der Waals surface area contributed by atoms with E-state index in [1.54, 1.807) is 24.1 Å². The lowest BCUT2D eigenvalue weighted by Crippen LogP contribution is -2.13. The number of hydrogen-bond acceptors (Lipinski definition) is 5. The summed E-state index contributed by atoms with van der Waals surface area (Å²) in [5.74, 6) is -0.398. The van der Waals surface area contributed by atoms with Crippen molar-refractivity contribution in [2.24, 2.45) is 0 Å². The van der Waals surface area contributed by atoms with Crippen molar-refractivity contribution in [2.75, 3.05) is 6.61 Å². The lowest BCUT2D eigenvalue weighted by Gasteiger charge is -2.07. The molecule has 2 aromatic rings. The van der Waals surface area contributed by atoms with Crippen LogP contribution in [0, 0.1) is 0 Å². The zero-order valence-electron chi connectivity index (χ0n) is 11.8. The molecule has 0 unspecified atom stereocenters. The maximum atomic E-state index is 11.8. The van der Waals surface area contributed by atoms with Gasteiger partial charge in [-0.25, -0.2) is 14.5 Å². The highest BCUT2D eigenvalue weighted by Gasteiger charge is 2.19. The molecule has 7 heteroatoms. The molecule has 2 heterocycles. The second kappa shape index (κ2) is 6.83.